The lowest BCUT2D eigenvalue weighted by atomic mass is 10.1. The van der Waals surface area contributed by atoms with Crippen molar-refractivity contribution in [2.24, 2.45) is 0 Å². The molecule has 2 rings (SSSR count). The molecular weight excluding hydrogens is 335 g/mol. The van der Waals surface area contributed by atoms with Crippen molar-refractivity contribution in [1.29, 1.82) is 0 Å². The molecule has 0 spiro atoms. The highest BCUT2D eigenvalue weighted by molar-refractivity contribution is 6.31. The monoisotopic (exact) mass is 358 g/mol. The van der Waals surface area contributed by atoms with Crippen LogP contribution in [0.15, 0.2) is 18.2 Å². The first kappa shape index (κ1) is 19.1. The molecule has 0 radical (unpaired) electrons. The zero-order valence-corrected chi connectivity index (χ0v) is 14.8. The second-order valence-corrected chi connectivity index (χ2v) is 6.57. The smallest absolute Gasteiger partial charge is 0.224 e. The number of hydrogen-bond donors (Lipinski definition) is 1. The number of rotatable bonds is 7. The van der Waals surface area contributed by atoms with Crippen LogP contribution >= 0.6 is 11.6 Å². The summed E-state index contributed by atoms with van der Waals surface area (Å²) in [6.45, 7) is 2.48. The topological polar surface area (TPSA) is 50.8 Å². The molecule has 0 aliphatic carbocycles. The highest BCUT2D eigenvalue weighted by atomic mass is 35.5. The second-order valence-electron chi connectivity index (χ2n) is 6.16. The van der Waals surface area contributed by atoms with Gasteiger partial charge in [0, 0.05) is 18.2 Å². The first-order valence-electron chi connectivity index (χ1n) is 8.03. The quantitative estimate of drug-likeness (QED) is 0.808. The van der Waals surface area contributed by atoms with Crippen molar-refractivity contribution in [1.82, 2.24) is 10.2 Å². The number of nitrogens with zero attached hydrogens (tertiary/aromatic N) is 1. The maximum atomic E-state index is 13.1. The molecule has 1 fully saturated rings. The lowest BCUT2D eigenvalue weighted by Gasteiger charge is -2.32. The van der Waals surface area contributed by atoms with E-state index in [0.29, 0.717) is 25.4 Å². The molecule has 5 nitrogen and oxygen atoms in total. The van der Waals surface area contributed by atoms with Crippen LogP contribution in [0.5, 0.6) is 0 Å². The Morgan fingerprint density at radius 1 is 1.50 bits per heavy atom. The summed E-state index contributed by atoms with van der Waals surface area (Å²) in [4.78, 5) is 14.3. The number of carbonyl (C=O) groups is 1. The Bertz CT molecular complexity index is 557. The van der Waals surface area contributed by atoms with Crippen LogP contribution in [0.3, 0.4) is 0 Å². The summed E-state index contributed by atoms with van der Waals surface area (Å²) in [7, 11) is 3.97. The molecule has 24 heavy (non-hydrogen) atoms. The molecule has 0 aromatic heterocycles. The minimum absolute atomic E-state index is 0.0636. The Kier molecular flexibility index (Phi) is 7.42. The molecule has 0 saturated carbocycles. The van der Waals surface area contributed by atoms with Crippen molar-refractivity contribution in [2.75, 3.05) is 40.5 Å². The summed E-state index contributed by atoms with van der Waals surface area (Å²) in [5.41, 5.74) is 0.595. The summed E-state index contributed by atoms with van der Waals surface area (Å²) in [5, 5.41) is 3.20. The fourth-order valence-electron chi connectivity index (χ4n) is 2.53. The minimum Gasteiger partial charge on any atom is -0.379 e. The average Bonchev–Trinajstić information content (AvgIpc) is 2.51. The van der Waals surface area contributed by atoms with Gasteiger partial charge < -0.3 is 19.7 Å². The van der Waals surface area contributed by atoms with Gasteiger partial charge in [-0.25, -0.2) is 4.39 Å². The predicted molar refractivity (Wildman–Crippen MR) is 90.8 cm³/mol. The summed E-state index contributed by atoms with van der Waals surface area (Å²) >= 11 is 5.97. The SMILES string of the molecule is CN(C)CCO[C@@H]1CCOC[C@@H]1NC(=O)Cc1ccc(F)cc1Cl. The summed E-state index contributed by atoms with van der Waals surface area (Å²) in [6, 6.07) is 3.85. The first-order chi connectivity index (χ1) is 11.5. The third-order valence-electron chi connectivity index (χ3n) is 3.88. The Balaban J connectivity index is 1.87. The van der Waals surface area contributed by atoms with Crippen LogP contribution in [0.4, 0.5) is 4.39 Å². The van der Waals surface area contributed by atoms with Gasteiger partial charge in [0.25, 0.3) is 0 Å². The van der Waals surface area contributed by atoms with Crippen LogP contribution in [0, 0.1) is 5.82 Å². The van der Waals surface area contributed by atoms with E-state index < -0.39 is 5.82 Å². The van der Waals surface area contributed by atoms with Crippen LogP contribution in [-0.4, -0.2) is 63.4 Å². The van der Waals surface area contributed by atoms with Gasteiger partial charge in [-0.2, -0.15) is 0 Å². The van der Waals surface area contributed by atoms with E-state index in [1.807, 2.05) is 19.0 Å². The Labute approximate surface area is 147 Å². The standard InChI is InChI=1S/C17H24ClFN2O3/c1-21(2)6-8-24-16-5-7-23-11-15(16)20-17(22)9-12-3-4-13(19)10-14(12)18/h3-4,10,15-16H,5-9,11H2,1-2H3,(H,20,22)/t15-,16+/m0/s1. The molecule has 2 atom stereocenters. The Morgan fingerprint density at radius 3 is 3.00 bits per heavy atom. The van der Waals surface area contributed by atoms with Crippen molar-refractivity contribution in [3.8, 4) is 0 Å². The van der Waals surface area contributed by atoms with E-state index in [4.69, 9.17) is 21.1 Å². The third-order valence-corrected chi connectivity index (χ3v) is 4.23. The summed E-state index contributed by atoms with van der Waals surface area (Å²) in [6.07, 6.45) is 0.779. The Morgan fingerprint density at radius 2 is 2.29 bits per heavy atom. The predicted octanol–water partition coefficient (Wildman–Crippen LogP) is 1.87. The van der Waals surface area contributed by atoms with Gasteiger partial charge >= 0.3 is 0 Å². The van der Waals surface area contributed by atoms with Gasteiger partial charge in [-0.05, 0) is 38.2 Å². The molecule has 134 valence electrons. The lowest BCUT2D eigenvalue weighted by molar-refractivity contribution is -0.125. The van der Waals surface area contributed by atoms with Crippen LogP contribution in [0.1, 0.15) is 12.0 Å². The van der Waals surface area contributed by atoms with Crippen LogP contribution in [-0.2, 0) is 20.7 Å². The number of halogens is 2. The molecule has 1 aliphatic heterocycles. The van der Waals surface area contributed by atoms with E-state index >= 15 is 0 Å². The molecule has 1 amide bonds. The van der Waals surface area contributed by atoms with E-state index in [2.05, 4.69) is 5.32 Å². The number of carbonyl (C=O) groups excluding carboxylic acids is 1. The fraction of sp³-hybridized carbons (Fsp3) is 0.588. The van der Waals surface area contributed by atoms with Gasteiger partial charge in [-0.3, -0.25) is 4.79 Å². The highest BCUT2D eigenvalue weighted by Gasteiger charge is 2.28. The molecule has 1 aliphatic rings. The van der Waals surface area contributed by atoms with E-state index in [1.54, 1.807) is 0 Å². The molecule has 1 aromatic rings. The van der Waals surface area contributed by atoms with E-state index in [-0.39, 0.29) is 29.5 Å². The van der Waals surface area contributed by atoms with Crippen molar-refractivity contribution < 1.29 is 18.7 Å². The Hall–Kier alpha value is -1.21. The van der Waals surface area contributed by atoms with Crippen molar-refractivity contribution in [3.05, 3.63) is 34.6 Å². The van der Waals surface area contributed by atoms with E-state index in [1.165, 1.54) is 18.2 Å². The number of ether oxygens (including phenoxy) is 2. The molecule has 1 aromatic carbocycles. The largest absolute Gasteiger partial charge is 0.379 e. The lowest BCUT2D eigenvalue weighted by Crippen LogP contribution is -2.51. The van der Waals surface area contributed by atoms with Crippen LogP contribution in [0.25, 0.3) is 0 Å². The maximum absolute atomic E-state index is 13.1. The zero-order valence-electron chi connectivity index (χ0n) is 14.1. The van der Waals surface area contributed by atoms with Gasteiger partial charge in [-0.15, -0.1) is 0 Å². The molecule has 7 heteroatoms. The number of nitrogens with one attached hydrogen (secondary N) is 1. The van der Waals surface area contributed by atoms with Gasteiger partial charge in [0.15, 0.2) is 0 Å². The summed E-state index contributed by atoms with van der Waals surface area (Å²) in [5.74, 6) is -0.598. The van der Waals surface area contributed by atoms with Crippen LogP contribution in [0.2, 0.25) is 5.02 Å². The maximum Gasteiger partial charge on any atom is 0.224 e. The fourth-order valence-corrected chi connectivity index (χ4v) is 2.77. The van der Waals surface area contributed by atoms with Gasteiger partial charge in [0.05, 0.1) is 31.8 Å². The summed E-state index contributed by atoms with van der Waals surface area (Å²) < 4.78 is 24.4. The third kappa shape index (κ3) is 6.02. The number of benzene rings is 1. The molecule has 1 heterocycles. The molecule has 1 N–H and O–H groups in total. The minimum atomic E-state index is -0.417. The van der Waals surface area contributed by atoms with Gasteiger partial charge in [-0.1, -0.05) is 17.7 Å². The number of amides is 1. The van der Waals surface area contributed by atoms with Gasteiger partial charge in [0.1, 0.15) is 5.82 Å². The molecular formula is C17H24ClFN2O3. The highest BCUT2D eigenvalue weighted by Crippen LogP contribution is 2.18. The van der Waals surface area contributed by atoms with Crippen molar-refractivity contribution in [2.45, 2.75) is 25.0 Å². The van der Waals surface area contributed by atoms with E-state index in [9.17, 15) is 9.18 Å². The normalized spacial score (nSPS) is 21.0. The van der Waals surface area contributed by atoms with Crippen molar-refractivity contribution >= 4 is 17.5 Å². The first-order valence-corrected chi connectivity index (χ1v) is 8.41. The number of likely N-dealkylation sites (N-methyl/N-ethyl adjacent to an activating group) is 1. The number of hydrogen-bond acceptors (Lipinski definition) is 4. The molecule has 0 bridgehead atoms. The average molecular weight is 359 g/mol. The molecule has 0 unspecified atom stereocenters. The van der Waals surface area contributed by atoms with Crippen molar-refractivity contribution in [3.63, 3.8) is 0 Å². The zero-order chi connectivity index (χ0) is 17.5. The molecule has 1 saturated heterocycles. The second kappa shape index (κ2) is 9.32. The van der Waals surface area contributed by atoms with E-state index in [0.717, 1.165) is 13.0 Å². The van der Waals surface area contributed by atoms with Crippen LogP contribution < -0.4 is 5.32 Å². The van der Waals surface area contributed by atoms with Gasteiger partial charge in [0.2, 0.25) is 5.91 Å².